The molecule has 0 saturated carbocycles. The lowest BCUT2D eigenvalue weighted by Gasteiger charge is -2.09. The second-order valence-corrected chi connectivity index (χ2v) is 7.60. The second-order valence-electron chi connectivity index (χ2n) is 6.60. The summed E-state index contributed by atoms with van der Waals surface area (Å²) in [6, 6.07) is 10.3. The monoisotopic (exact) mass is 444 g/mol. The third-order valence-corrected chi connectivity index (χ3v) is 5.49. The molecular weight excluding hydrogens is 419 g/mol. The molecule has 3 aromatic rings. The van der Waals surface area contributed by atoms with Gasteiger partial charge < -0.3 is 25.8 Å². The molecule has 1 heterocycles. The third kappa shape index (κ3) is 5.50. The number of nitrogens with two attached hydrogens (primary N) is 1. The lowest BCUT2D eigenvalue weighted by atomic mass is 10.1. The van der Waals surface area contributed by atoms with E-state index in [0.717, 1.165) is 42.3 Å². The van der Waals surface area contributed by atoms with Crippen molar-refractivity contribution in [2.24, 2.45) is 0 Å². The van der Waals surface area contributed by atoms with Gasteiger partial charge in [-0.2, -0.15) is 0 Å². The van der Waals surface area contributed by atoms with Gasteiger partial charge in [0.25, 0.3) is 0 Å². The fourth-order valence-corrected chi connectivity index (χ4v) is 3.91. The highest BCUT2D eigenvalue weighted by Crippen LogP contribution is 2.41. The van der Waals surface area contributed by atoms with Gasteiger partial charge in [0.1, 0.15) is 11.6 Å². The van der Waals surface area contributed by atoms with Crippen LogP contribution >= 0.6 is 11.3 Å². The number of aldehydes is 1. The first-order valence-corrected chi connectivity index (χ1v) is 10.7. The highest BCUT2D eigenvalue weighted by atomic mass is 32.1. The zero-order valence-corrected chi connectivity index (χ0v) is 18.2. The van der Waals surface area contributed by atoms with Crippen LogP contribution in [0.25, 0.3) is 10.4 Å². The summed E-state index contributed by atoms with van der Waals surface area (Å²) < 4.78 is 25.6. The van der Waals surface area contributed by atoms with Crippen LogP contribution in [0.1, 0.15) is 23.7 Å². The first-order chi connectivity index (χ1) is 15.1. The summed E-state index contributed by atoms with van der Waals surface area (Å²) in [5, 5.41) is 6.88. The predicted molar refractivity (Wildman–Crippen MR) is 122 cm³/mol. The summed E-state index contributed by atoms with van der Waals surface area (Å²) in [6.07, 6.45) is 1.51. The van der Waals surface area contributed by atoms with Gasteiger partial charge in [-0.1, -0.05) is 18.3 Å². The lowest BCUT2D eigenvalue weighted by molar-refractivity contribution is 0.112. The predicted octanol–water partition coefficient (Wildman–Crippen LogP) is 4.47. The average Bonchev–Trinajstić information content (AvgIpc) is 3.13. The summed E-state index contributed by atoms with van der Waals surface area (Å²) in [4.78, 5) is 16.1. The van der Waals surface area contributed by atoms with Crippen LogP contribution in [-0.4, -0.2) is 38.1 Å². The number of halogens is 1. The number of ether oxygens (including phenoxy) is 2. The van der Waals surface area contributed by atoms with Crippen LogP contribution in [0.15, 0.2) is 36.4 Å². The van der Waals surface area contributed by atoms with Gasteiger partial charge in [0.15, 0.2) is 23.0 Å². The molecular formula is C22H25FN4O3S. The molecule has 1 aromatic heterocycles. The molecule has 0 unspecified atom stereocenters. The maximum absolute atomic E-state index is 14.8. The quantitative estimate of drug-likeness (QED) is 0.296. The van der Waals surface area contributed by atoms with Crippen LogP contribution < -0.4 is 25.8 Å². The number of hydrogen-bond donors (Lipinski definition) is 3. The molecule has 0 aliphatic rings. The zero-order valence-electron chi connectivity index (χ0n) is 17.4. The van der Waals surface area contributed by atoms with Gasteiger partial charge in [-0.3, -0.25) is 4.79 Å². The molecule has 0 spiro atoms. The molecule has 0 aliphatic carbocycles. The normalized spacial score (nSPS) is 10.7. The zero-order chi connectivity index (χ0) is 22.2. The Morgan fingerprint density at radius 3 is 2.68 bits per heavy atom. The highest BCUT2D eigenvalue weighted by molar-refractivity contribution is 7.19. The van der Waals surface area contributed by atoms with E-state index in [4.69, 9.17) is 15.2 Å². The molecule has 0 aliphatic heterocycles. The Bertz CT molecular complexity index is 1020. The number of hydrogen-bond acceptors (Lipinski definition) is 8. The Labute approximate surface area is 184 Å². The van der Waals surface area contributed by atoms with Crippen LogP contribution in [0.5, 0.6) is 11.5 Å². The molecule has 31 heavy (non-hydrogen) atoms. The molecule has 0 saturated heterocycles. The van der Waals surface area contributed by atoms with E-state index in [1.165, 1.54) is 19.2 Å². The summed E-state index contributed by atoms with van der Waals surface area (Å²) in [5.74, 6) is 0.285. The van der Waals surface area contributed by atoms with Crippen LogP contribution in [0.3, 0.4) is 0 Å². The Morgan fingerprint density at radius 2 is 2.00 bits per heavy atom. The third-order valence-electron chi connectivity index (χ3n) is 4.49. The maximum atomic E-state index is 14.8. The van der Waals surface area contributed by atoms with Gasteiger partial charge in [0.2, 0.25) is 0 Å². The van der Waals surface area contributed by atoms with Crippen LogP contribution in [-0.2, 0) is 0 Å². The fourth-order valence-electron chi connectivity index (χ4n) is 2.94. The lowest BCUT2D eigenvalue weighted by Crippen LogP contribution is -2.16. The number of aromatic nitrogens is 1. The molecule has 0 amide bonds. The molecule has 3 rings (SSSR count). The minimum Gasteiger partial charge on any atom is -0.494 e. The first kappa shape index (κ1) is 22.5. The fraction of sp³-hybridized carbons (Fsp3) is 0.273. The van der Waals surface area contributed by atoms with Crippen molar-refractivity contribution in [2.75, 3.05) is 37.9 Å². The average molecular weight is 445 g/mol. The SMILES string of the molecule is CCNCCCOc1ccc(Nc2nc(N)c(-c3c(C=O)ccc(OC)c3F)s2)cc1. The second kappa shape index (κ2) is 10.7. The number of rotatable bonds is 11. The van der Waals surface area contributed by atoms with Crippen molar-refractivity contribution < 1.29 is 18.7 Å². The van der Waals surface area contributed by atoms with Crippen molar-refractivity contribution in [1.82, 2.24) is 10.3 Å². The molecule has 7 nitrogen and oxygen atoms in total. The molecule has 2 aromatic carbocycles. The van der Waals surface area contributed by atoms with E-state index in [2.05, 4.69) is 22.5 Å². The summed E-state index contributed by atoms with van der Waals surface area (Å²) in [6.45, 7) is 4.57. The number of nitrogens with one attached hydrogen (secondary N) is 2. The maximum Gasteiger partial charge on any atom is 0.189 e. The number of nitrogen functional groups attached to an aromatic ring is 1. The Kier molecular flexibility index (Phi) is 7.80. The van der Waals surface area contributed by atoms with E-state index in [0.29, 0.717) is 22.9 Å². The molecule has 164 valence electrons. The van der Waals surface area contributed by atoms with E-state index in [1.54, 1.807) is 0 Å². The Hall–Kier alpha value is -3.17. The Balaban J connectivity index is 1.73. The van der Waals surface area contributed by atoms with Crippen molar-refractivity contribution in [3.63, 3.8) is 0 Å². The van der Waals surface area contributed by atoms with E-state index < -0.39 is 5.82 Å². The van der Waals surface area contributed by atoms with Crippen molar-refractivity contribution in [1.29, 1.82) is 0 Å². The minimum atomic E-state index is -0.648. The van der Waals surface area contributed by atoms with E-state index in [9.17, 15) is 9.18 Å². The standard InChI is InChI=1S/C22H25FN4O3S/c1-3-25-11-4-12-30-16-8-6-15(7-9-16)26-22-27-21(24)20(31-22)18-14(13-28)5-10-17(29-2)19(18)23/h5-10,13,25H,3-4,11-12,24H2,1-2H3,(H,26,27). The summed E-state index contributed by atoms with van der Waals surface area (Å²) in [7, 11) is 1.36. The van der Waals surface area contributed by atoms with Gasteiger partial charge in [0.05, 0.1) is 18.6 Å². The molecule has 4 N–H and O–H groups in total. The smallest absolute Gasteiger partial charge is 0.189 e. The largest absolute Gasteiger partial charge is 0.494 e. The van der Waals surface area contributed by atoms with Gasteiger partial charge >= 0.3 is 0 Å². The first-order valence-electron chi connectivity index (χ1n) is 9.86. The van der Waals surface area contributed by atoms with Crippen LogP contribution in [0.2, 0.25) is 0 Å². The van der Waals surface area contributed by atoms with Crippen molar-refractivity contribution in [3.05, 3.63) is 47.8 Å². The molecule has 0 fully saturated rings. The minimum absolute atomic E-state index is 0.0315. The number of anilines is 3. The van der Waals surface area contributed by atoms with Gasteiger partial charge in [-0.05, 0) is 55.9 Å². The van der Waals surface area contributed by atoms with Crippen molar-refractivity contribution in [3.8, 4) is 21.9 Å². The van der Waals surface area contributed by atoms with Gasteiger partial charge in [-0.25, -0.2) is 9.37 Å². The van der Waals surface area contributed by atoms with Crippen molar-refractivity contribution >= 4 is 34.3 Å². The van der Waals surface area contributed by atoms with Crippen LogP contribution in [0, 0.1) is 5.82 Å². The van der Waals surface area contributed by atoms with Gasteiger partial charge in [0, 0.05) is 16.8 Å². The highest BCUT2D eigenvalue weighted by Gasteiger charge is 2.21. The number of carbonyl (C=O) groups excluding carboxylic acids is 1. The number of nitrogens with zero attached hydrogens (tertiary/aromatic N) is 1. The van der Waals surface area contributed by atoms with E-state index in [-0.39, 0.29) is 22.7 Å². The molecule has 0 radical (unpaired) electrons. The molecule has 0 atom stereocenters. The van der Waals surface area contributed by atoms with E-state index >= 15 is 0 Å². The van der Waals surface area contributed by atoms with Gasteiger partial charge in [-0.15, -0.1) is 0 Å². The summed E-state index contributed by atoms with van der Waals surface area (Å²) in [5.41, 5.74) is 7.07. The Morgan fingerprint density at radius 1 is 1.23 bits per heavy atom. The van der Waals surface area contributed by atoms with Crippen molar-refractivity contribution in [2.45, 2.75) is 13.3 Å². The number of benzene rings is 2. The van der Waals surface area contributed by atoms with E-state index in [1.807, 2.05) is 24.3 Å². The number of thiazole rings is 1. The number of methoxy groups -OCH3 is 1. The molecule has 0 bridgehead atoms. The van der Waals surface area contributed by atoms with Crippen LogP contribution in [0.4, 0.5) is 21.0 Å². The topological polar surface area (TPSA) is 98.5 Å². The molecule has 9 heteroatoms. The summed E-state index contributed by atoms with van der Waals surface area (Å²) >= 11 is 1.16. The number of carbonyl (C=O) groups is 1.